The number of piperidine rings is 1. The molecule has 2 fully saturated rings. The molecule has 1 aromatic rings. The number of likely N-dealkylation sites (N-methyl/N-ethyl adjacent to an activating group) is 1. The minimum Gasteiger partial charge on any atom is -0.504 e. The maximum absolute atomic E-state index is 11.5. The standard InChI is InChI=1S/C21H28N2O6/c1-23-8-7-20-16-11-3-4-14(25)17(16)29-18(20)12(22-13(10-24)19(26)27)5-6-21(20,28-2)15(23)9-11/h3-4,12-13,15,18,22,24-25H,5-10H2,1-2H3,(H,26,27)/t12-,13-,15+,18-,20-,21+/m0/s1. The molecule has 2 aliphatic heterocycles. The Morgan fingerprint density at radius 1 is 1.45 bits per heavy atom. The van der Waals surface area contributed by atoms with Crippen LogP contribution < -0.4 is 10.1 Å². The fraction of sp³-hybridized carbons (Fsp3) is 0.667. The van der Waals surface area contributed by atoms with E-state index < -0.39 is 29.6 Å². The van der Waals surface area contributed by atoms with E-state index in [0.717, 1.165) is 31.4 Å². The van der Waals surface area contributed by atoms with Crippen LogP contribution in [-0.4, -0.2) is 83.3 Å². The van der Waals surface area contributed by atoms with Crippen LogP contribution in [0, 0.1) is 0 Å². The normalized spacial score (nSPS) is 38.2. The predicted octanol–water partition coefficient (Wildman–Crippen LogP) is 0.234. The zero-order chi connectivity index (χ0) is 20.6. The van der Waals surface area contributed by atoms with Gasteiger partial charge in [0.05, 0.1) is 17.6 Å². The zero-order valence-electron chi connectivity index (χ0n) is 16.7. The number of phenolic OH excluding ortho intramolecular Hbond substituents is 1. The number of aliphatic hydroxyl groups excluding tert-OH is 1. The van der Waals surface area contributed by atoms with Crippen LogP contribution in [-0.2, 0) is 21.4 Å². The Morgan fingerprint density at radius 2 is 2.24 bits per heavy atom. The van der Waals surface area contributed by atoms with Gasteiger partial charge in [0.25, 0.3) is 0 Å². The lowest BCUT2D eigenvalue weighted by molar-refractivity contribution is -0.204. The molecule has 4 N–H and O–H groups in total. The molecule has 5 rings (SSSR count). The number of carbonyl (C=O) groups is 1. The highest BCUT2D eigenvalue weighted by Gasteiger charge is 2.73. The number of ether oxygens (including phenoxy) is 2. The number of methoxy groups -OCH3 is 1. The Morgan fingerprint density at radius 3 is 2.93 bits per heavy atom. The number of aliphatic carboxylic acids is 1. The van der Waals surface area contributed by atoms with Gasteiger partial charge in [-0.1, -0.05) is 6.07 Å². The van der Waals surface area contributed by atoms with Crippen LogP contribution in [0.1, 0.15) is 30.4 Å². The number of phenols is 1. The van der Waals surface area contributed by atoms with Crippen molar-refractivity contribution in [3.8, 4) is 11.5 Å². The molecule has 8 nitrogen and oxygen atoms in total. The Bertz CT molecular complexity index is 862. The number of nitrogens with zero attached hydrogens (tertiary/aromatic N) is 1. The first-order chi connectivity index (χ1) is 13.9. The number of likely N-dealkylation sites (tertiary alicyclic amines) is 1. The van der Waals surface area contributed by atoms with E-state index in [1.54, 1.807) is 13.2 Å². The second-order valence-corrected chi connectivity index (χ2v) is 8.89. The number of hydrogen-bond acceptors (Lipinski definition) is 7. The van der Waals surface area contributed by atoms with Gasteiger partial charge in [0.15, 0.2) is 11.5 Å². The van der Waals surface area contributed by atoms with E-state index in [1.807, 2.05) is 6.07 Å². The first kappa shape index (κ1) is 19.1. The number of benzene rings is 1. The fourth-order valence-corrected chi connectivity index (χ4v) is 6.77. The second-order valence-electron chi connectivity index (χ2n) is 8.89. The van der Waals surface area contributed by atoms with E-state index in [2.05, 4.69) is 17.3 Å². The van der Waals surface area contributed by atoms with Crippen molar-refractivity contribution in [2.75, 3.05) is 27.3 Å². The van der Waals surface area contributed by atoms with Crippen LogP contribution in [0.3, 0.4) is 0 Å². The van der Waals surface area contributed by atoms with Gasteiger partial charge in [-0.3, -0.25) is 10.1 Å². The van der Waals surface area contributed by atoms with Crippen molar-refractivity contribution in [1.82, 2.24) is 10.2 Å². The topological polar surface area (TPSA) is 111 Å². The number of carboxylic acid groups (broad SMARTS) is 1. The molecule has 29 heavy (non-hydrogen) atoms. The Kier molecular flexibility index (Phi) is 4.16. The molecule has 2 aliphatic carbocycles. The lowest BCUT2D eigenvalue weighted by atomic mass is 9.48. The zero-order valence-corrected chi connectivity index (χ0v) is 16.7. The maximum atomic E-state index is 11.5. The maximum Gasteiger partial charge on any atom is 0.323 e. The number of carboxylic acids is 1. The van der Waals surface area contributed by atoms with Crippen LogP contribution in [0.2, 0.25) is 0 Å². The molecule has 2 bridgehead atoms. The average molecular weight is 404 g/mol. The Balaban J connectivity index is 1.68. The summed E-state index contributed by atoms with van der Waals surface area (Å²) in [5.41, 5.74) is 1.28. The van der Waals surface area contributed by atoms with Gasteiger partial charge in [-0.25, -0.2) is 0 Å². The van der Waals surface area contributed by atoms with E-state index in [1.165, 1.54) is 5.56 Å². The van der Waals surface area contributed by atoms with Crippen molar-refractivity contribution < 1.29 is 29.6 Å². The van der Waals surface area contributed by atoms with Crippen molar-refractivity contribution in [2.45, 2.75) is 60.9 Å². The molecule has 1 spiro atoms. The summed E-state index contributed by atoms with van der Waals surface area (Å²) in [6.07, 6.45) is 2.68. The largest absolute Gasteiger partial charge is 0.504 e. The summed E-state index contributed by atoms with van der Waals surface area (Å²) in [5, 5.41) is 32.7. The molecule has 158 valence electrons. The molecule has 1 aromatic carbocycles. The summed E-state index contributed by atoms with van der Waals surface area (Å²) in [5.74, 6) is -0.454. The summed E-state index contributed by atoms with van der Waals surface area (Å²) in [6.45, 7) is 0.384. The van der Waals surface area contributed by atoms with Crippen LogP contribution in [0.5, 0.6) is 11.5 Å². The van der Waals surface area contributed by atoms with E-state index >= 15 is 0 Å². The first-order valence-electron chi connectivity index (χ1n) is 10.3. The molecule has 0 unspecified atom stereocenters. The van der Waals surface area contributed by atoms with Crippen molar-refractivity contribution in [2.24, 2.45) is 0 Å². The SMILES string of the molecule is CO[C@@]12CC[C@H](N[C@@H](CO)C(=O)O)[C@@H]3Oc4c(O)ccc5c4[C@@]31CCN(C)[C@@H]2C5. The molecule has 8 heteroatoms. The number of hydrogen-bond donors (Lipinski definition) is 4. The lowest BCUT2D eigenvalue weighted by Crippen LogP contribution is -2.78. The van der Waals surface area contributed by atoms with Crippen molar-refractivity contribution >= 4 is 5.97 Å². The minimum atomic E-state index is -1.09. The van der Waals surface area contributed by atoms with Gasteiger partial charge >= 0.3 is 5.97 Å². The molecular formula is C21H28N2O6. The fourth-order valence-electron chi connectivity index (χ4n) is 6.77. The Hall–Kier alpha value is -1.87. The highest BCUT2D eigenvalue weighted by Crippen LogP contribution is 2.66. The summed E-state index contributed by atoms with van der Waals surface area (Å²) in [6, 6.07) is 2.53. The molecule has 1 saturated carbocycles. The predicted molar refractivity (Wildman–Crippen MR) is 103 cm³/mol. The van der Waals surface area contributed by atoms with Crippen LogP contribution in [0.25, 0.3) is 0 Å². The second kappa shape index (κ2) is 6.31. The molecule has 2 heterocycles. The van der Waals surface area contributed by atoms with Gasteiger partial charge in [0.1, 0.15) is 12.1 Å². The number of aromatic hydroxyl groups is 1. The van der Waals surface area contributed by atoms with E-state index in [9.17, 15) is 20.1 Å². The average Bonchev–Trinajstić information content (AvgIpc) is 3.06. The molecule has 1 saturated heterocycles. The number of aliphatic hydroxyl groups is 1. The van der Waals surface area contributed by atoms with Crippen LogP contribution in [0.15, 0.2) is 12.1 Å². The summed E-state index contributed by atoms with van der Waals surface area (Å²) >= 11 is 0. The number of rotatable bonds is 5. The summed E-state index contributed by atoms with van der Waals surface area (Å²) < 4.78 is 12.8. The van der Waals surface area contributed by atoms with Gasteiger partial charge in [-0.05, 0) is 50.9 Å². The van der Waals surface area contributed by atoms with Gasteiger partial charge in [-0.2, -0.15) is 0 Å². The third-order valence-corrected chi connectivity index (χ3v) is 7.95. The van der Waals surface area contributed by atoms with Gasteiger partial charge < -0.3 is 29.7 Å². The molecule has 6 atom stereocenters. The van der Waals surface area contributed by atoms with Gasteiger partial charge in [0.2, 0.25) is 0 Å². The Labute approximate surface area is 169 Å². The molecule has 0 radical (unpaired) electrons. The third-order valence-electron chi connectivity index (χ3n) is 7.95. The molecule has 0 aromatic heterocycles. The van der Waals surface area contributed by atoms with E-state index in [-0.39, 0.29) is 23.9 Å². The van der Waals surface area contributed by atoms with Crippen molar-refractivity contribution in [3.63, 3.8) is 0 Å². The van der Waals surface area contributed by atoms with E-state index in [0.29, 0.717) is 12.2 Å². The van der Waals surface area contributed by atoms with Crippen molar-refractivity contribution in [1.29, 1.82) is 0 Å². The van der Waals surface area contributed by atoms with E-state index in [4.69, 9.17) is 9.47 Å². The monoisotopic (exact) mass is 404 g/mol. The van der Waals surface area contributed by atoms with Gasteiger partial charge in [0, 0.05) is 24.8 Å². The highest BCUT2D eigenvalue weighted by atomic mass is 16.5. The van der Waals surface area contributed by atoms with Gasteiger partial charge in [-0.15, -0.1) is 0 Å². The molecule has 0 amide bonds. The number of nitrogens with one attached hydrogen (secondary N) is 1. The summed E-state index contributed by atoms with van der Waals surface area (Å²) in [7, 11) is 3.89. The van der Waals surface area contributed by atoms with Crippen LogP contribution in [0.4, 0.5) is 0 Å². The molecular weight excluding hydrogens is 376 g/mol. The quantitative estimate of drug-likeness (QED) is 0.552. The summed E-state index contributed by atoms with van der Waals surface area (Å²) in [4.78, 5) is 13.9. The molecule has 4 aliphatic rings. The van der Waals surface area contributed by atoms with Crippen LogP contribution >= 0.6 is 0 Å². The lowest BCUT2D eigenvalue weighted by Gasteiger charge is -2.65. The third kappa shape index (κ3) is 2.20. The highest BCUT2D eigenvalue weighted by molar-refractivity contribution is 5.73. The smallest absolute Gasteiger partial charge is 0.323 e. The minimum absolute atomic E-state index is 0.116. The first-order valence-corrected chi connectivity index (χ1v) is 10.3. The van der Waals surface area contributed by atoms with Crippen molar-refractivity contribution in [3.05, 3.63) is 23.3 Å².